The largest absolute Gasteiger partial charge is 0.493 e. The fourth-order valence-electron chi connectivity index (χ4n) is 2.45. The van der Waals surface area contributed by atoms with Crippen molar-refractivity contribution >= 4 is 6.09 Å². The van der Waals surface area contributed by atoms with E-state index in [1.807, 2.05) is 69.3 Å². The SMILES string of the molecule is COc1c(CCNC(=O)OC(C)(C)C)cccc1OCc1ccccc1. The summed E-state index contributed by atoms with van der Waals surface area (Å²) in [6.07, 6.45) is 0.193. The van der Waals surface area contributed by atoms with Crippen LogP contribution < -0.4 is 14.8 Å². The lowest BCUT2D eigenvalue weighted by Gasteiger charge is -2.20. The molecule has 0 saturated heterocycles. The first-order chi connectivity index (χ1) is 12.4. The highest BCUT2D eigenvalue weighted by Crippen LogP contribution is 2.31. The minimum atomic E-state index is -0.507. The molecule has 0 heterocycles. The average Bonchev–Trinajstić information content (AvgIpc) is 2.59. The van der Waals surface area contributed by atoms with Gasteiger partial charge in [0.15, 0.2) is 11.5 Å². The van der Waals surface area contributed by atoms with E-state index in [-0.39, 0.29) is 0 Å². The summed E-state index contributed by atoms with van der Waals surface area (Å²) in [5, 5.41) is 2.76. The predicted octanol–water partition coefficient (Wildman–Crippen LogP) is 4.34. The molecule has 0 fully saturated rings. The van der Waals surface area contributed by atoms with Crippen molar-refractivity contribution in [3.63, 3.8) is 0 Å². The first kappa shape index (κ1) is 19.6. The topological polar surface area (TPSA) is 56.8 Å². The summed E-state index contributed by atoms with van der Waals surface area (Å²) >= 11 is 0. The molecule has 2 rings (SSSR count). The standard InChI is InChI=1S/C21H27NO4/c1-21(2,3)26-20(23)22-14-13-17-11-8-12-18(19(17)24-4)25-15-16-9-6-5-7-10-16/h5-12H,13-15H2,1-4H3,(H,22,23). The van der Waals surface area contributed by atoms with E-state index in [0.29, 0.717) is 31.1 Å². The summed E-state index contributed by atoms with van der Waals surface area (Å²) in [6, 6.07) is 15.7. The summed E-state index contributed by atoms with van der Waals surface area (Å²) in [7, 11) is 1.62. The Kier molecular flexibility index (Phi) is 6.89. The zero-order chi connectivity index (χ0) is 19.0. The molecular weight excluding hydrogens is 330 g/mol. The van der Waals surface area contributed by atoms with Crippen LogP contribution in [0.4, 0.5) is 4.79 Å². The Labute approximate surface area is 155 Å². The van der Waals surface area contributed by atoms with Crippen molar-refractivity contribution in [1.29, 1.82) is 0 Å². The average molecular weight is 357 g/mol. The van der Waals surface area contributed by atoms with Crippen LogP contribution >= 0.6 is 0 Å². The van der Waals surface area contributed by atoms with Gasteiger partial charge in [0.05, 0.1) is 7.11 Å². The molecule has 0 aliphatic carbocycles. The maximum Gasteiger partial charge on any atom is 0.407 e. The molecule has 2 aromatic rings. The highest BCUT2D eigenvalue weighted by molar-refractivity contribution is 5.67. The zero-order valence-electron chi connectivity index (χ0n) is 15.9. The van der Waals surface area contributed by atoms with Gasteiger partial charge in [0.25, 0.3) is 0 Å². The van der Waals surface area contributed by atoms with Crippen LogP contribution in [0.25, 0.3) is 0 Å². The molecule has 0 saturated carbocycles. The van der Waals surface area contributed by atoms with Crippen LogP contribution in [0.3, 0.4) is 0 Å². The van der Waals surface area contributed by atoms with Crippen LogP contribution in [0.1, 0.15) is 31.9 Å². The number of ether oxygens (including phenoxy) is 3. The van der Waals surface area contributed by atoms with Crippen molar-refractivity contribution in [1.82, 2.24) is 5.32 Å². The Morgan fingerprint density at radius 2 is 1.77 bits per heavy atom. The van der Waals surface area contributed by atoms with Gasteiger partial charge in [0.2, 0.25) is 0 Å². The molecule has 0 atom stereocenters. The van der Waals surface area contributed by atoms with E-state index in [4.69, 9.17) is 14.2 Å². The molecule has 140 valence electrons. The molecule has 0 aromatic heterocycles. The van der Waals surface area contributed by atoms with Crippen molar-refractivity contribution < 1.29 is 19.0 Å². The number of benzene rings is 2. The summed E-state index contributed by atoms with van der Waals surface area (Å²) in [5.74, 6) is 1.38. The Balaban J connectivity index is 1.95. The Morgan fingerprint density at radius 1 is 1.04 bits per heavy atom. The zero-order valence-corrected chi connectivity index (χ0v) is 15.9. The lowest BCUT2D eigenvalue weighted by molar-refractivity contribution is 0.0528. The van der Waals surface area contributed by atoms with Gasteiger partial charge in [0, 0.05) is 6.54 Å². The number of amides is 1. The Bertz CT molecular complexity index is 708. The van der Waals surface area contributed by atoms with Gasteiger partial charge in [-0.05, 0) is 44.4 Å². The van der Waals surface area contributed by atoms with Crippen LogP contribution in [0.5, 0.6) is 11.5 Å². The van der Waals surface area contributed by atoms with Gasteiger partial charge in [-0.3, -0.25) is 0 Å². The number of para-hydroxylation sites is 1. The van der Waals surface area contributed by atoms with Gasteiger partial charge in [-0.25, -0.2) is 4.79 Å². The predicted molar refractivity (Wildman–Crippen MR) is 102 cm³/mol. The van der Waals surface area contributed by atoms with E-state index >= 15 is 0 Å². The van der Waals surface area contributed by atoms with Crippen molar-refractivity contribution in [2.24, 2.45) is 0 Å². The molecule has 0 aliphatic rings. The highest BCUT2D eigenvalue weighted by Gasteiger charge is 2.16. The summed E-state index contributed by atoms with van der Waals surface area (Å²) in [6.45, 7) is 6.43. The monoisotopic (exact) mass is 357 g/mol. The first-order valence-corrected chi connectivity index (χ1v) is 8.68. The molecule has 5 heteroatoms. The van der Waals surface area contributed by atoms with Crippen LogP contribution in [0.15, 0.2) is 48.5 Å². The van der Waals surface area contributed by atoms with Gasteiger partial charge in [-0.15, -0.1) is 0 Å². The normalized spacial score (nSPS) is 10.9. The number of hydrogen-bond acceptors (Lipinski definition) is 4. The smallest absolute Gasteiger partial charge is 0.407 e. The number of alkyl carbamates (subject to hydrolysis) is 1. The Hall–Kier alpha value is -2.69. The van der Waals surface area contributed by atoms with Gasteiger partial charge >= 0.3 is 6.09 Å². The fourth-order valence-corrected chi connectivity index (χ4v) is 2.45. The second kappa shape index (κ2) is 9.13. The van der Waals surface area contributed by atoms with E-state index in [1.54, 1.807) is 7.11 Å². The van der Waals surface area contributed by atoms with E-state index in [1.165, 1.54) is 0 Å². The minimum Gasteiger partial charge on any atom is -0.493 e. The summed E-state index contributed by atoms with van der Waals surface area (Å²) in [5.41, 5.74) is 1.55. The molecule has 26 heavy (non-hydrogen) atoms. The van der Waals surface area contributed by atoms with Crippen LogP contribution in [0, 0.1) is 0 Å². The van der Waals surface area contributed by atoms with Crippen LogP contribution in [0.2, 0.25) is 0 Å². The number of nitrogens with one attached hydrogen (secondary N) is 1. The number of methoxy groups -OCH3 is 1. The number of carbonyl (C=O) groups is 1. The number of hydrogen-bond donors (Lipinski definition) is 1. The van der Waals surface area contributed by atoms with Crippen molar-refractivity contribution in [2.75, 3.05) is 13.7 Å². The van der Waals surface area contributed by atoms with Crippen LogP contribution in [-0.4, -0.2) is 25.3 Å². The molecule has 0 bridgehead atoms. The van der Waals surface area contributed by atoms with E-state index in [2.05, 4.69) is 5.32 Å². The van der Waals surface area contributed by atoms with Crippen molar-refractivity contribution in [3.05, 3.63) is 59.7 Å². The van der Waals surface area contributed by atoms with E-state index in [0.717, 1.165) is 11.1 Å². The second-order valence-electron chi connectivity index (χ2n) is 6.90. The van der Waals surface area contributed by atoms with Crippen LogP contribution in [-0.2, 0) is 17.8 Å². The highest BCUT2D eigenvalue weighted by atomic mass is 16.6. The molecule has 0 radical (unpaired) electrons. The number of rotatable bonds is 7. The molecule has 5 nitrogen and oxygen atoms in total. The van der Waals surface area contributed by atoms with E-state index in [9.17, 15) is 4.79 Å². The second-order valence-corrected chi connectivity index (χ2v) is 6.90. The third-order valence-electron chi connectivity index (χ3n) is 3.56. The molecule has 0 unspecified atom stereocenters. The molecular formula is C21H27NO4. The maximum absolute atomic E-state index is 11.7. The third-order valence-corrected chi connectivity index (χ3v) is 3.56. The maximum atomic E-state index is 11.7. The number of carbonyl (C=O) groups excluding carboxylic acids is 1. The molecule has 0 spiro atoms. The lowest BCUT2D eigenvalue weighted by atomic mass is 10.1. The van der Waals surface area contributed by atoms with E-state index < -0.39 is 11.7 Å². The third kappa shape index (κ3) is 6.31. The quantitative estimate of drug-likeness (QED) is 0.801. The summed E-state index contributed by atoms with van der Waals surface area (Å²) in [4.78, 5) is 11.7. The Morgan fingerprint density at radius 3 is 2.42 bits per heavy atom. The van der Waals surface area contributed by atoms with Gasteiger partial charge in [-0.1, -0.05) is 42.5 Å². The minimum absolute atomic E-state index is 0.423. The first-order valence-electron chi connectivity index (χ1n) is 8.68. The molecule has 1 N–H and O–H groups in total. The van der Waals surface area contributed by atoms with Gasteiger partial charge in [0.1, 0.15) is 12.2 Å². The molecule has 0 aliphatic heterocycles. The molecule has 1 amide bonds. The molecule has 2 aromatic carbocycles. The van der Waals surface area contributed by atoms with Gasteiger partial charge < -0.3 is 19.5 Å². The fraction of sp³-hybridized carbons (Fsp3) is 0.381. The lowest BCUT2D eigenvalue weighted by Crippen LogP contribution is -2.33. The van der Waals surface area contributed by atoms with Crippen molar-refractivity contribution in [2.45, 2.75) is 39.4 Å². The van der Waals surface area contributed by atoms with Crippen molar-refractivity contribution in [3.8, 4) is 11.5 Å². The summed E-state index contributed by atoms with van der Waals surface area (Å²) < 4.78 is 16.7. The van der Waals surface area contributed by atoms with Gasteiger partial charge in [-0.2, -0.15) is 0 Å².